The van der Waals surface area contributed by atoms with Gasteiger partial charge in [0.2, 0.25) is 0 Å². The lowest BCUT2D eigenvalue weighted by atomic mass is 9.98. The Labute approximate surface area is 85.9 Å². The van der Waals surface area contributed by atoms with E-state index in [2.05, 4.69) is 24.6 Å². The molecule has 1 aromatic rings. The number of aromatic nitrogens is 1. The van der Waals surface area contributed by atoms with Crippen molar-refractivity contribution in [3.05, 3.63) is 36.0 Å². The Morgan fingerprint density at radius 2 is 2.29 bits per heavy atom. The van der Waals surface area contributed by atoms with Crippen LogP contribution in [0.15, 0.2) is 24.8 Å². The molecule has 0 saturated heterocycles. The summed E-state index contributed by atoms with van der Waals surface area (Å²) >= 11 is 0. The second-order valence-corrected chi connectivity index (χ2v) is 3.63. The van der Waals surface area contributed by atoms with Crippen LogP contribution in [0.25, 0.3) is 0 Å². The first-order chi connectivity index (χ1) is 6.67. The molecule has 0 spiro atoms. The van der Waals surface area contributed by atoms with Crippen LogP contribution in [0.4, 0.5) is 5.82 Å². The molecule has 0 saturated carbocycles. The summed E-state index contributed by atoms with van der Waals surface area (Å²) < 4.78 is 0. The minimum absolute atomic E-state index is 0.335. The van der Waals surface area contributed by atoms with Crippen LogP contribution in [0, 0.1) is 6.92 Å². The maximum absolute atomic E-state index is 5.70. The first kappa shape index (κ1) is 10.8. The van der Waals surface area contributed by atoms with Gasteiger partial charge in [0.05, 0.1) is 0 Å². The highest BCUT2D eigenvalue weighted by Gasteiger charge is 2.08. The lowest BCUT2D eigenvalue weighted by molar-refractivity contribution is 0.700. The fourth-order valence-corrected chi connectivity index (χ4v) is 1.61. The van der Waals surface area contributed by atoms with Gasteiger partial charge in [-0.15, -0.1) is 6.58 Å². The van der Waals surface area contributed by atoms with Crippen molar-refractivity contribution in [2.75, 3.05) is 5.73 Å². The second-order valence-electron chi connectivity index (χ2n) is 3.63. The Kier molecular flexibility index (Phi) is 3.69. The number of aryl methyl sites for hydroxylation is 1. The van der Waals surface area contributed by atoms with Gasteiger partial charge in [0.25, 0.3) is 0 Å². The molecule has 14 heavy (non-hydrogen) atoms. The first-order valence-corrected chi connectivity index (χ1v) is 5.04. The minimum Gasteiger partial charge on any atom is -0.384 e. The topological polar surface area (TPSA) is 38.9 Å². The van der Waals surface area contributed by atoms with Gasteiger partial charge in [-0.2, -0.15) is 0 Å². The summed E-state index contributed by atoms with van der Waals surface area (Å²) in [6.07, 6.45) is 4.16. The summed E-state index contributed by atoms with van der Waals surface area (Å²) in [5, 5.41) is 0. The molecule has 0 bridgehead atoms. The maximum atomic E-state index is 5.70. The Balaban J connectivity index is 2.97. The third-order valence-electron chi connectivity index (χ3n) is 2.27. The average Bonchev–Trinajstić information content (AvgIpc) is 2.12. The monoisotopic (exact) mass is 190 g/mol. The van der Waals surface area contributed by atoms with Crippen molar-refractivity contribution in [3.63, 3.8) is 0 Å². The molecule has 1 atom stereocenters. The smallest absolute Gasteiger partial charge is 0.123 e. The molecule has 0 aliphatic carbocycles. The molecule has 0 fully saturated rings. The predicted molar refractivity (Wildman–Crippen MR) is 61.2 cm³/mol. The van der Waals surface area contributed by atoms with Gasteiger partial charge in [-0.1, -0.05) is 19.4 Å². The Morgan fingerprint density at radius 3 is 2.79 bits per heavy atom. The zero-order valence-electron chi connectivity index (χ0n) is 8.96. The van der Waals surface area contributed by atoms with Crippen molar-refractivity contribution in [3.8, 4) is 0 Å². The van der Waals surface area contributed by atoms with E-state index in [-0.39, 0.29) is 0 Å². The molecule has 0 aliphatic rings. The summed E-state index contributed by atoms with van der Waals surface area (Å²) in [7, 11) is 0. The molecule has 0 radical (unpaired) electrons. The van der Waals surface area contributed by atoms with Crippen LogP contribution in [0.1, 0.15) is 36.9 Å². The second kappa shape index (κ2) is 4.80. The SMILES string of the molecule is C=CC(CCC)c1cc(C)cc(N)n1. The molecule has 76 valence electrons. The lowest BCUT2D eigenvalue weighted by Crippen LogP contribution is -2.01. The van der Waals surface area contributed by atoms with Crippen molar-refractivity contribution in [2.24, 2.45) is 0 Å². The number of anilines is 1. The number of hydrogen-bond donors (Lipinski definition) is 1. The zero-order chi connectivity index (χ0) is 10.6. The van der Waals surface area contributed by atoms with Gasteiger partial charge in [-0.25, -0.2) is 4.98 Å². The van der Waals surface area contributed by atoms with Crippen molar-refractivity contribution >= 4 is 5.82 Å². The minimum atomic E-state index is 0.335. The summed E-state index contributed by atoms with van der Waals surface area (Å²) in [5.41, 5.74) is 7.91. The summed E-state index contributed by atoms with van der Waals surface area (Å²) in [4.78, 5) is 4.33. The molecule has 0 aliphatic heterocycles. The van der Waals surface area contributed by atoms with Crippen LogP contribution in [-0.2, 0) is 0 Å². The van der Waals surface area contributed by atoms with Gasteiger partial charge in [-0.3, -0.25) is 0 Å². The van der Waals surface area contributed by atoms with Crippen molar-refractivity contribution in [2.45, 2.75) is 32.6 Å². The fourth-order valence-electron chi connectivity index (χ4n) is 1.61. The normalized spacial score (nSPS) is 12.4. The highest BCUT2D eigenvalue weighted by Crippen LogP contribution is 2.22. The molecule has 1 aromatic heterocycles. The molecule has 0 amide bonds. The number of allylic oxidation sites excluding steroid dienone is 1. The first-order valence-electron chi connectivity index (χ1n) is 5.04. The molecule has 2 N–H and O–H groups in total. The number of pyridine rings is 1. The highest BCUT2D eigenvalue weighted by molar-refractivity contribution is 5.36. The molecular weight excluding hydrogens is 172 g/mol. The predicted octanol–water partition coefficient (Wildman–Crippen LogP) is 3.04. The molecule has 1 heterocycles. The van der Waals surface area contributed by atoms with Gasteiger partial charge in [0.15, 0.2) is 0 Å². The zero-order valence-corrected chi connectivity index (χ0v) is 8.96. The fraction of sp³-hybridized carbons (Fsp3) is 0.417. The van der Waals surface area contributed by atoms with Crippen LogP contribution >= 0.6 is 0 Å². The van der Waals surface area contributed by atoms with E-state index in [1.807, 2.05) is 19.1 Å². The van der Waals surface area contributed by atoms with Crippen LogP contribution < -0.4 is 5.73 Å². The van der Waals surface area contributed by atoms with Crippen LogP contribution in [0.3, 0.4) is 0 Å². The van der Waals surface area contributed by atoms with Gasteiger partial charge in [0.1, 0.15) is 5.82 Å². The third-order valence-corrected chi connectivity index (χ3v) is 2.27. The van der Waals surface area contributed by atoms with E-state index in [1.165, 1.54) is 0 Å². The summed E-state index contributed by atoms with van der Waals surface area (Å²) in [6, 6.07) is 3.97. The molecule has 2 nitrogen and oxygen atoms in total. The molecule has 1 rings (SSSR count). The van der Waals surface area contributed by atoms with Gasteiger partial charge >= 0.3 is 0 Å². The van der Waals surface area contributed by atoms with E-state index < -0.39 is 0 Å². The van der Waals surface area contributed by atoms with E-state index in [0.29, 0.717) is 11.7 Å². The highest BCUT2D eigenvalue weighted by atomic mass is 14.8. The van der Waals surface area contributed by atoms with Crippen LogP contribution in [0.2, 0.25) is 0 Å². The number of hydrogen-bond acceptors (Lipinski definition) is 2. The Bertz CT molecular complexity index is 298. The number of rotatable bonds is 4. The lowest BCUT2D eigenvalue weighted by Gasteiger charge is -2.11. The Morgan fingerprint density at radius 1 is 1.57 bits per heavy atom. The molecule has 1 unspecified atom stereocenters. The average molecular weight is 190 g/mol. The number of nitrogen functional groups attached to an aromatic ring is 1. The van der Waals surface area contributed by atoms with E-state index in [0.717, 1.165) is 24.1 Å². The van der Waals surface area contributed by atoms with E-state index in [9.17, 15) is 0 Å². The van der Waals surface area contributed by atoms with Crippen LogP contribution in [-0.4, -0.2) is 4.98 Å². The van der Waals surface area contributed by atoms with E-state index in [4.69, 9.17) is 5.73 Å². The van der Waals surface area contributed by atoms with Gasteiger partial charge < -0.3 is 5.73 Å². The quantitative estimate of drug-likeness (QED) is 0.741. The standard InChI is InChI=1S/C12H18N2/c1-4-6-10(5-2)11-7-9(3)8-12(13)14-11/h5,7-8,10H,2,4,6H2,1,3H3,(H2,13,14). The molecule has 2 heteroatoms. The summed E-state index contributed by atoms with van der Waals surface area (Å²) in [5.74, 6) is 0.935. The van der Waals surface area contributed by atoms with E-state index in [1.54, 1.807) is 0 Å². The van der Waals surface area contributed by atoms with Crippen molar-refractivity contribution in [1.82, 2.24) is 4.98 Å². The molecule has 0 aromatic carbocycles. The van der Waals surface area contributed by atoms with Crippen molar-refractivity contribution in [1.29, 1.82) is 0 Å². The third kappa shape index (κ3) is 2.59. The van der Waals surface area contributed by atoms with Gasteiger partial charge in [0, 0.05) is 11.6 Å². The molecular formula is C12H18N2. The largest absolute Gasteiger partial charge is 0.384 e. The number of nitrogens with zero attached hydrogens (tertiary/aromatic N) is 1. The van der Waals surface area contributed by atoms with E-state index >= 15 is 0 Å². The van der Waals surface area contributed by atoms with Crippen LogP contribution in [0.5, 0.6) is 0 Å². The number of nitrogens with two attached hydrogens (primary N) is 1. The van der Waals surface area contributed by atoms with Gasteiger partial charge in [-0.05, 0) is 31.0 Å². The summed E-state index contributed by atoms with van der Waals surface area (Å²) in [6.45, 7) is 8.03. The van der Waals surface area contributed by atoms with Crippen molar-refractivity contribution < 1.29 is 0 Å². The Hall–Kier alpha value is -1.31. The maximum Gasteiger partial charge on any atom is 0.123 e.